The summed E-state index contributed by atoms with van der Waals surface area (Å²) in [5.41, 5.74) is 2.31. The van der Waals surface area contributed by atoms with Gasteiger partial charge in [0.1, 0.15) is 0 Å². The first-order chi connectivity index (χ1) is 11.7. The molecule has 0 aliphatic rings. The van der Waals surface area contributed by atoms with Crippen molar-refractivity contribution in [2.75, 3.05) is 13.2 Å². The van der Waals surface area contributed by atoms with Crippen LogP contribution in [0.25, 0.3) is 0 Å². The number of hydrogen-bond acceptors (Lipinski definition) is 4. The number of aromatic nitrogens is 1. The summed E-state index contributed by atoms with van der Waals surface area (Å²) in [5.74, 6) is 1.48. The zero-order chi connectivity index (χ0) is 17.2. The van der Waals surface area contributed by atoms with E-state index in [-0.39, 0.29) is 0 Å². The predicted molar refractivity (Wildman–Crippen MR) is 101 cm³/mol. The molecule has 0 aromatic carbocycles. The average molecular weight is 347 g/mol. The number of hydrogen-bond donors (Lipinski definition) is 2. The second-order valence-corrected chi connectivity index (χ2v) is 6.39. The quantitative estimate of drug-likeness (QED) is 0.567. The molecule has 0 aliphatic carbocycles. The van der Waals surface area contributed by atoms with E-state index in [1.807, 2.05) is 12.1 Å². The Balaban J connectivity index is 2.01. The molecule has 0 bridgehead atoms. The molecule has 0 saturated carbocycles. The topological polar surface area (TPSA) is 58.5 Å². The largest absolute Gasteiger partial charge is 0.477 e. The highest BCUT2D eigenvalue weighted by Crippen LogP contribution is 2.16. The molecule has 6 heteroatoms. The van der Waals surface area contributed by atoms with Crippen molar-refractivity contribution in [3.63, 3.8) is 0 Å². The lowest BCUT2D eigenvalue weighted by Gasteiger charge is -2.12. The Kier molecular flexibility index (Phi) is 7.55. The van der Waals surface area contributed by atoms with Crippen LogP contribution in [0.3, 0.4) is 0 Å². The van der Waals surface area contributed by atoms with E-state index in [9.17, 15) is 0 Å². The molecule has 130 valence electrons. The lowest BCUT2D eigenvalue weighted by molar-refractivity contribution is 0.302. The van der Waals surface area contributed by atoms with Gasteiger partial charge in [-0.3, -0.25) is 0 Å². The Morgan fingerprint density at radius 2 is 2.17 bits per heavy atom. The van der Waals surface area contributed by atoms with Gasteiger partial charge in [-0.1, -0.05) is 13.0 Å². The van der Waals surface area contributed by atoms with Crippen LogP contribution >= 0.6 is 11.3 Å². The predicted octanol–water partition coefficient (Wildman–Crippen LogP) is 3.50. The van der Waals surface area contributed by atoms with Crippen molar-refractivity contribution >= 4 is 17.3 Å². The Hall–Kier alpha value is -2.08. The van der Waals surface area contributed by atoms with E-state index < -0.39 is 0 Å². The monoisotopic (exact) mass is 346 g/mol. The number of ether oxygens (including phenoxy) is 1. The summed E-state index contributed by atoms with van der Waals surface area (Å²) in [6, 6.07) is 6.06. The van der Waals surface area contributed by atoms with Crippen LogP contribution in [0, 0.1) is 6.92 Å². The second kappa shape index (κ2) is 9.93. The standard InChI is InChI=1S/C18H26N4OS/c1-4-10-23-17-15(7-6-9-20-17)12-21-18(19-5-2)22-13-16-14(3)8-11-24-16/h6-9,11H,4-5,10,12-13H2,1-3H3,(H2,19,21,22). The summed E-state index contributed by atoms with van der Waals surface area (Å²) < 4.78 is 5.69. The first-order valence-electron chi connectivity index (χ1n) is 8.36. The van der Waals surface area contributed by atoms with E-state index in [1.54, 1.807) is 17.5 Å². The molecule has 2 aromatic rings. The highest BCUT2D eigenvalue weighted by atomic mass is 32.1. The number of thiophene rings is 1. The molecule has 0 spiro atoms. The normalized spacial score (nSPS) is 11.4. The third-order valence-electron chi connectivity index (χ3n) is 3.43. The van der Waals surface area contributed by atoms with E-state index in [1.165, 1.54) is 10.4 Å². The van der Waals surface area contributed by atoms with Gasteiger partial charge in [0.2, 0.25) is 5.88 Å². The lowest BCUT2D eigenvalue weighted by Crippen LogP contribution is -2.36. The fourth-order valence-corrected chi connectivity index (χ4v) is 2.97. The van der Waals surface area contributed by atoms with Crippen LogP contribution in [-0.2, 0) is 13.1 Å². The van der Waals surface area contributed by atoms with Crippen LogP contribution in [0.5, 0.6) is 5.88 Å². The van der Waals surface area contributed by atoms with E-state index in [4.69, 9.17) is 4.74 Å². The molecule has 2 N–H and O–H groups in total. The zero-order valence-corrected chi connectivity index (χ0v) is 15.4. The van der Waals surface area contributed by atoms with Crippen LogP contribution in [0.15, 0.2) is 34.8 Å². The van der Waals surface area contributed by atoms with Gasteiger partial charge in [0, 0.05) is 23.2 Å². The summed E-state index contributed by atoms with van der Waals surface area (Å²) in [7, 11) is 0. The molecule has 0 fully saturated rings. The fourth-order valence-electron chi connectivity index (χ4n) is 2.13. The zero-order valence-electron chi connectivity index (χ0n) is 14.6. The van der Waals surface area contributed by atoms with Gasteiger partial charge in [-0.15, -0.1) is 11.3 Å². The third kappa shape index (κ3) is 5.53. The molecule has 2 heterocycles. The van der Waals surface area contributed by atoms with Crippen molar-refractivity contribution in [1.29, 1.82) is 0 Å². The van der Waals surface area contributed by atoms with Crippen molar-refractivity contribution in [3.8, 4) is 5.88 Å². The Bertz CT molecular complexity index is 654. The molecule has 0 unspecified atom stereocenters. The van der Waals surface area contributed by atoms with Crippen molar-refractivity contribution in [1.82, 2.24) is 15.6 Å². The number of nitrogens with zero attached hydrogens (tertiary/aromatic N) is 2. The minimum atomic E-state index is 0.533. The minimum Gasteiger partial charge on any atom is -0.477 e. The molecular formula is C18H26N4OS. The van der Waals surface area contributed by atoms with Crippen LogP contribution in [0.1, 0.15) is 36.3 Å². The maximum absolute atomic E-state index is 5.69. The van der Waals surface area contributed by atoms with Gasteiger partial charge in [-0.05, 0) is 43.3 Å². The highest BCUT2D eigenvalue weighted by Gasteiger charge is 2.06. The first kappa shape index (κ1) is 18.3. The van der Waals surface area contributed by atoms with Crippen LogP contribution < -0.4 is 15.4 Å². The smallest absolute Gasteiger partial charge is 0.218 e. The number of pyridine rings is 1. The maximum Gasteiger partial charge on any atom is 0.218 e. The van der Waals surface area contributed by atoms with Gasteiger partial charge in [0.15, 0.2) is 5.96 Å². The van der Waals surface area contributed by atoms with Gasteiger partial charge in [0.05, 0.1) is 19.7 Å². The number of rotatable bonds is 8. The van der Waals surface area contributed by atoms with Gasteiger partial charge in [-0.2, -0.15) is 0 Å². The van der Waals surface area contributed by atoms with E-state index >= 15 is 0 Å². The molecule has 0 aliphatic heterocycles. The molecule has 0 saturated heterocycles. The summed E-state index contributed by atoms with van der Waals surface area (Å²) in [6.45, 7) is 9.08. The Morgan fingerprint density at radius 3 is 2.88 bits per heavy atom. The summed E-state index contributed by atoms with van der Waals surface area (Å²) >= 11 is 1.76. The third-order valence-corrected chi connectivity index (χ3v) is 4.45. The van der Waals surface area contributed by atoms with Crippen molar-refractivity contribution < 1.29 is 4.74 Å². The van der Waals surface area contributed by atoms with E-state index in [0.29, 0.717) is 19.0 Å². The number of guanidine groups is 1. The number of aryl methyl sites for hydroxylation is 1. The maximum atomic E-state index is 5.69. The van der Waals surface area contributed by atoms with Crippen LogP contribution in [0.2, 0.25) is 0 Å². The summed E-state index contributed by atoms with van der Waals surface area (Å²) in [6.07, 6.45) is 2.71. The molecule has 2 aromatic heterocycles. The van der Waals surface area contributed by atoms with Crippen molar-refractivity contribution in [3.05, 3.63) is 45.8 Å². The fraction of sp³-hybridized carbons (Fsp3) is 0.444. The number of nitrogens with one attached hydrogen (secondary N) is 2. The average Bonchev–Trinajstić information content (AvgIpc) is 3.01. The van der Waals surface area contributed by atoms with Crippen LogP contribution in [0.4, 0.5) is 0 Å². The lowest BCUT2D eigenvalue weighted by atomic mass is 10.3. The van der Waals surface area contributed by atoms with Crippen LogP contribution in [-0.4, -0.2) is 24.1 Å². The van der Waals surface area contributed by atoms with Gasteiger partial charge < -0.3 is 15.4 Å². The highest BCUT2D eigenvalue weighted by molar-refractivity contribution is 7.10. The summed E-state index contributed by atoms with van der Waals surface area (Å²) in [5, 5.41) is 8.78. The first-order valence-corrected chi connectivity index (χ1v) is 9.24. The van der Waals surface area contributed by atoms with Gasteiger partial charge in [-0.25, -0.2) is 9.98 Å². The summed E-state index contributed by atoms with van der Waals surface area (Å²) in [4.78, 5) is 10.3. The van der Waals surface area contributed by atoms with E-state index in [0.717, 1.165) is 31.0 Å². The van der Waals surface area contributed by atoms with Crippen molar-refractivity contribution in [2.24, 2.45) is 4.99 Å². The van der Waals surface area contributed by atoms with Crippen molar-refractivity contribution in [2.45, 2.75) is 40.3 Å². The molecular weight excluding hydrogens is 320 g/mol. The molecule has 2 rings (SSSR count). The molecule has 0 amide bonds. The Morgan fingerprint density at radius 1 is 1.29 bits per heavy atom. The van der Waals surface area contributed by atoms with Gasteiger partial charge >= 0.3 is 0 Å². The Labute approximate surface area is 148 Å². The number of aliphatic imine (C=N–C) groups is 1. The molecule has 0 radical (unpaired) electrons. The molecule has 5 nitrogen and oxygen atoms in total. The second-order valence-electron chi connectivity index (χ2n) is 5.39. The molecule has 0 atom stereocenters. The minimum absolute atomic E-state index is 0.533. The van der Waals surface area contributed by atoms with E-state index in [2.05, 4.69) is 52.8 Å². The van der Waals surface area contributed by atoms with Gasteiger partial charge in [0.25, 0.3) is 0 Å². The SMILES string of the molecule is CCCOc1ncccc1CN=C(NCC)NCc1sccc1C. The molecule has 24 heavy (non-hydrogen) atoms.